The second-order valence-corrected chi connectivity index (χ2v) is 10.6. The molecule has 32 heavy (non-hydrogen) atoms. The average molecular weight is 456 g/mol. The van der Waals surface area contributed by atoms with E-state index in [0.29, 0.717) is 22.6 Å². The van der Waals surface area contributed by atoms with Gasteiger partial charge in [-0.05, 0) is 56.2 Å². The first-order valence-electron chi connectivity index (χ1n) is 10.2. The number of carbonyl (C=O) groups is 3. The molecule has 2 aromatic rings. The molecule has 2 aromatic carbocycles. The van der Waals surface area contributed by atoms with Gasteiger partial charge in [0, 0.05) is 22.4 Å². The first kappa shape index (κ1) is 22.0. The topological polar surface area (TPSA) is 96.0 Å². The lowest BCUT2D eigenvalue weighted by molar-refractivity contribution is -0.136. The SMILES string of the molecule is C=S(=O)(c1ccc(COc2cccc3c2CN(C2CCC(=O)NC2=O)C3=O)cc1)N(C)C. The van der Waals surface area contributed by atoms with Crippen LogP contribution in [0.2, 0.25) is 0 Å². The summed E-state index contributed by atoms with van der Waals surface area (Å²) in [7, 11) is 0.944. The number of hydrogen-bond acceptors (Lipinski definition) is 5. The summed E-state index contributed by atoms with van der Waals surface area (Å²) < 4.78 is 20.2. The van der Waals surface area contributed by atoms with Gasteiger partial charge in [-0.3, -0.25) is 19.7 Å². The van der Waals surface area contributed by atoms with Gasteiger partial charge < -0.3 is 9.64 Å². The molecule has 8 nitrogen and oxygen atoms in total. The van der Waals surface area contributed by atoms with Gasteiger partial charge in [-0.25, -0.2) is 8.51 Å². The second kappa shape index (κ2) is 8.40. The first-order chi connectivity index (χ1) is 15.2. The zero-order valence-electron chi connectivity index (χ0n) is 18.0. The molecule has 1 fully saturated rings. The molecular weight excluding hydrogens is 430 g/mol. The molecule has 3 amide bonds. The van der Waals surface area contributed by atoms with Gasteiger partial charge in [0.05, 0.1) is 16.3 Å². The number of benzene rings is 2. The van der Waals surface area contributed by atoms with Crippen molar-refractivity contribution in [2.24, 2.45) is 0 Å². The number of carbonyl (C=O) groups excluding carboxylic acids is 3. The summed E-state index contributed by atoms with van der Waals surface area (Å²) >= 11 is 0. The Morgan fingerprint density at radius 2 is 1.88 bits per heavy atom. The number of rotatable bonds is 6. The number of nitrogens with one attached hydrogen (secondary N) is 1. The van der Waals surface area contributed by atoms with Gasteiger partial charge >= 0.3 is 0 Å². The fourth-order valence-electron chi connectivity index (χ4n) is 3.86. The summed E-state index contributed by atoms with van der Waals surface area (Å²) in [5.74, 6) is 3.38. The number of nitrogens with zero attached hydrogens (tertiary/aromatic N) is 2. The standard InChI is InChI=1S/C23H25N3O5S/c1-25(2)32(3,30)16-9-7-15(8-10-16)14-31-20-6-4-5-17-18(20)13-26(23(17)29)19-11-12-21(27)24-22(19)28/h4-10,19H,3,11-14H2,1-2H3,(H,24,27,28). The Hall–Kier alpha value is -3.17. The molecule has 0 bridgehead atoms. The van der Waals surface area contributed by atoms with Crippen LogP contribution in [0, 0.1) is 0 Å². The molecule has 2 heterocycles. The van der Waals surface area contributed by atoms with Gasteiger partial charge in [0.2, 0.25) is 11.8 Å². The summed E-state index contributed by atoms with van der Waals surface area (Å²) in [6.45, 7) is 0.519. The molecular formula is C23H25N3O5S. The van der Waals surface area contributed by atoms with Gasteiger partial charge in [0.25, 0.3) is 5.91 Å². The number of imide groups is 1. The van der Waals surface area contributed by atoms with E-state index >= 15 is 0 Å². The van der Waals surface area contributed by atoms with Crippen molar-refractivity contribution in [2.45, 2.75) is 36.9 Å². The fraction of sp³-hybridized carbons (Fsp3) is 0.304. The Kier molecular flexibility index (Phi) is 5.79. The Morgan fingerprint density at radius 3 is 2.53 bits per heavy atom. The number of fused-ring (bicyclic) bond motifs is 1. The summed E-state index contributed by atoms with van der Waals surface area (Å²) in [5.41, 5.74) is 2.11. The highest BCUT2D eigenvalue weighted by molar-refractivity contribution is 7.98. The monoisotopic (exact) mass is 455 g/mol. The maximum atomic E-state index is 12.9. The molecule has 0 aliphatic carbocycles. The second-order valence-electron chi connectivity index (χ2n) is 8.07. The number of hydrogen-bond donors (Lipinski definition) is 1. The molecule has 1 saturated heterocycles. The van der Waals surface area contributed by atoms with Crippen molar-refractivity contribution in [3.8, 4) is 5.75 Å². The number of piperidine rings is 1. The van der Waals surface area contributed by atoms with E-state index in [9.17, 15) is 18.6 Å². The Balaban J connectivity index is 1.48. The normalized spacial score (nSPS) is 20.2. The van der Waals surface area contributed by atoms with E-state index in [1.807, 2.05) is 12.1 Å². The van der Waals surface area contributed by atoms with Crippen LogP contribution in [0.25, 0.3) is 0 Å². The van der Waals surface area contributed by atoms with Gasteiger partial charge in [0.15, 0.2) is 0 Å². The molecule has 2 aliphatic heterocycles. The quantitative estimate of drug-likeness (QED) is 0.527. The molecule has 2 atom stereocenters. The van der Waals surface area contributed by atoms with Crippen molar-refractivity contribution in [3.05, 3.63) is 59.2 Å². The third-order valence-corrected chi connectivity index (χ3v) is 8.00. The first-order valence-corrected chi connectivity index (χ1v) is 11.9. The third-order valence-electron chi connectivity index (χ3n) is 5.81. The highest BCUT2D eigenvalue weighted by atomic mass is 32.2. The summed E-state index contributed by atoms with van der Waals surface area (Å²) in [6.07, 6.45) is 0.526. The zero-order valence-corrected chi connectivity index (χ0v) is 18.8. The minimum atomic E-state index is -2.50. The van der Waals surface area contributed by atoms with E-state index < -0.39 is 21.7 Å². The van der Waals surface area contributed by atoms with Gasteiger partial charge in [0.1, 0.15) is 18.4 Å². The largest absolute Gasteiger partial charge is 0.489 e. The van der Waals surface area contributed by atoms with Crippen LogP contribution in [-0.4, -0.2) is 57.1 Å². The molecule has 0 spiro atoms. The van der Waals surface area contributed by atoms with Crippen LogP contribution < -0.4 is 10.1 Å². The molecule has 168 valence electrons. The van der Waals surface area contributed by atoms with Crippen molar-refractivity contribution in [2.75, 3.05) is 14.1 Å². The Morgan fingerprint density at radius 1 is 1.16 bits per heavy atom. The maximum absolute atomic E-state index is 12.9. The van der Waals surface area contributed by atoms with Crippen LogP contribution in [0.3, 0.4) is 0 Å². The lowest BCUT2D eigenvalue weighted by Gasteiger charge is -2.29. The van der Waals surface area contributed by atoms with Crippen molar-refractivity contribution in [3.63, 3.8) is 0 Å². The van der Waals surface area contributed by atoms with Crippen molar-refractivity contribution >= 4 is 33.3 Å². The Labute approximate surface area is 187 Å². The van der Waals surface area contributed by atoms with Gasteiger partial charge in [-0.1, -0.05) is 18.2 Å². The van der Waals surface area contributed by atoms with E-state index in [-0.39, 0.29) is 31.4 Å². The molecule has 1 N–H and O–H groups in total. The maximum Gasteiger partial charge on any atom is 0.255 e. The highest BCUT2D eigenvalue weighted by Gasteiger charge is 2.40. The molecule has 0 radical (unpaired) electrons. The minimum Gasteiger partial charge on any atom is -0.489 e. The number of ether oxygens (including phenoxy) is 1. The van der Waals surface area contributed by atoms with E-state index in [4.69, 9.17) is 4.74 Å². The van der Waals surface area contributed by atoms with Gasteiger partial charge in [-0.15, -0.1) is 0 Å². The predicted molar refractivity (Wildman–Crippen MR) is 120 cm³/mol. The average Bonchev–Trinajstić information content (AvgIpc) is 3.09. The third kappa shape index (κ3) is 4.01. The fourth-order valence-corrected chi connectivity index (χ4v) is 4.85. The summed E-state index contributed by atoms with van der Waals surface area (Å²) in [6, 6.07) is 11.8. The van der Waals surface area contributed by atoms with Crippen LogP contribution in [0.15, 0.2) is 47.4 Å². The van der Waals surface area contributed by atoms with Crippen LogP contribution in [0.1, 0.15) is 34.3 Å². The van der Waals surface area contributed by atoms with Crippen molar-refractivity contribution < 1.29 is 23.3 Å². The van der Waals surface area contributed by atoms with Crippen LogP contribution in [0.4, 0.5) is 0 Å². The molecule has 2 aliphatic rings. The van der Waals surface area contributed by atoms with E-state index in [2.05, 4.69) is 11.2 Å². The van der Waals surface area contributed by atoms with E-state index in [0.717, 1.165) is 11.1 Å². The molecule has 0 saturated carbocycles. The lowest BCUT2D eigenvalue weighted by Crippen LogP contribution is -2.52. The summed E-state index contributed by atoms with van der Waals surface area (Å²) in [5, 5.41) is 2.31. The van der Waals surface area contributed by atoms with E-state index in [1.54, 1.807) is 48.7 Å². The van der Waals surface area contributed by atoms with Crippen LogP contribution in [-0.2, 0) is 32.4 Å². The molecule has 4 rings (SSSR count). The van der Waals surface area contributed by atoms with Crippen LogP contribution in [0.5, 0.6) is 5.75 Å². The highest BCUT2D eigenvalue weighted by Crippen LogP contribution is 2.34. The van der Waals surface area contributed by atoms with E-state index in [1.165, 1.54) is 4.90 Å². The minimum absolute atomic E-state index is 0.212. The molecule has 0 aromatic heterocycles. The lowest BCUT2D eigenvalue weighted by atomic mass is 10.0. The predicted octanol–water partition coefficient (Wildman–Crippen LogP) is 1.58. The van der Waals surface area contributed by atoms with Crippen molar-refractivity contribution in [1.29, 1.82) is 0 Å². The Bertz CT molecular complexity index is 1190. The molecule has 2 unspecified atom stereocenters. The zero-order chi connectivity index (χ0) is 23.0. The van der Waals surface area contributed by atoms with Crippen molar-refractivity contribution in [1.82, 2.24) is 14.5 Å². The smallest absolute Gasteiger partial charge is 0.255 e. The van der Waals surface area contributed by atoms with Crippen LogP contribution >= 0.6 is 0 Å². The summed E-state index contributed by atoms with van der Waals surface area (Å²) in [4.78, 5) is 38.7. The van der Waals surface area contributed by atoms with Gasteiger partial charge in [-0.2, -0.15) is 0 Å². The number of amides is 3. The molecule has 9 heteroatoms.